The summed E-state index contributed by atoms with van der Waals surface area (Å²) in [5, 5.41) is 0. The molecule has 0 radical (unpaired) electrons. The van der Waals surface area contributed by atoms with Crippen LogP contribution in [-0.4, -0.2) is 49.8 Å². The molecule has 1 heterocycles. The van der Waals surface area contributed by atoms with Crippen LogP contribution in [0.25, 0.3) is 0 Å². The van der Waals surface area contributed by atoms with Crippen LogP contribution in [0.4, 0.5) is 0 Å². The highest BCUT2D eigenvalue weighted by molar-refractivity contribution is 7.86. The molecule has 1 aliphatic rings. The van der Waals surface area contributed by atoms with Gasteiger partial charge in [0, 0.05) is 26.2 Å². The Morgan fingerprint density at radius 2 is 2.12 bits per heavy atom. The highest BCUT2D eigenvalue weighted by Crippen LogP contribution is 2.21. The van der Waals surface area contributed by atoms with Gasteiger partial charge in [0.2, 0.25) is 0 Å². The van der Waals surface area contributed by atoms with E-state index in [0.717, 1.165) is 19.3 Å². The highest BCUT2D eigenvalue weighted by Gasteiger charge is 2.32. The molecule has 6 heteroatoms. The summed E-state index contributed by atoms with van der Waals surface area (Å²) in [4.78, 5) is 0. The van der Waals surface area contributed by atoms with Crippen LogP contribution in [0.15, 0.2) is 0 Å². The van der Waals surface area contributed by atoms with Crippen LogP contribution in [0.5, 0.6) is 0 Å². The second-order valence-corrected chi connectivity index (χ2v) is 6.42. The number of hydrogen-bond acceptors (Lipinski definition) is 3. The van der Waals surface area contributed by atoms with Gasteiger partial charge in [-0.1, -0.05) is 6.42 Å². The zero-order valence-corrected chi connectivity index (χ0v) is 11.0. The van der Waals surface area contributed by atoms with E-state index in [1.165, 1.54) is 4.31 Å². The van der Waals surface area contributed by atoms with Crippen molar-refractivity contribution in [3.63, 3.8) is 0 Å². The molecular formula is C10H23N3O2S. The van der Waals surface area contributed by atoms with E-state index in [1.807, 2.05) is 6.92 Å². The Kier molecular flexibility index (Phi) is 5.17. The van der Waals surface area contributed by atoms with Crippen molar-refractivity contribution in [3.8, 4) is 0 Å². The molecule has 0 aromatic carbocycles. The van der Waals surface area contributed by atoms with E-state index in [-0.39, 0.29) is 6.04 Å². The van der Waals surface area contributed by atoms with Gasteiger partial charge in [-0.3, -0.25) is 0 Å². The van der Waals surface area contributed by atoms with Crippen molar-refractivity contribution in [1.29, 1.82) is 0 Å². The fraction of sp³-hybridized carbons (Fsp3) is 1.00. The first-order chi connectivity index (χ1) is 7.50. The van der Waals surface area contributed by atoms with Crippen LogP contribution in [0.3, 0.4) is 0 Å². The molecule has 5 nitrogen and oxygen atoms in total. The van der Waals surface area contributed by atoms with Gasteiger partial charge in [0.15, 0.2) is 0 Å². The maximum absolute atomic E-state index is 12.2. The quantitative estimate of drug-likeness (QED) is 0.766. The Labute approximate surface area is 98.8 Å². The summed E-state index contributed by atoms with van der Waals surface area (Å²) in [6.07, 6.45) is 3.76. The number of rotatable bonds is 5. The van der Waals surface area contributed by atoms with E-state index in [2.05, 4.69) is 0 Å². The molecule has 0 aromatic rings. The molecular weight excluding hydrogens is 226 g/mol. The Bertz CT molecular complexity index is 305. The van der Waals surface area contributed by atoms with Gasteiger partial charge in [0.1, 0.15) is 0 Å². The lowest BCUT2D eigenvalue weighted by Crippen LogP contribution is -2.48. The van der Waals surface area contributed by atoms with Gasteiger partial charge >= 0.3 is 0 Å². The van der Waals surface area contributed by atoms with E-state index in [9.17, 15) is 8.42 Å². The Morgan fingerprint density at radius 1 is 1.44 bits per heavy atom. The van der Waals surface area contributed by atoms with E-state index < -0.39 is 10.2 Å². The van der Waals surface area contributed by atoms with Crippen LogP contribution >= 0.6 is 0 Å². The highest BCUT2D eigenvalue weighted by atomic mass is 32.2. The molecule has 1 aliphatic heterocycles. The summed E-state index contributed by atoms with van der Waals surface area (Å²) in [6, 6.07) is 0.124. The number of hydrogen-bond donors (Lipinski definition) is 1. The standard InChI is InChI=1S/C10H23N3O2S/c1-10-6-3-4-9-13(10)16(14,15)12(2)8-5-7-11/h10H,3-9,11H2,1-2H3. The Balaban J connectivity index is 2.67. The first-order valence-electron chi connectivity index (χ1n) is 5.93. The summed E-state index contributed by atoms with van der Waals surface area (Å²) in [5.74, 6) is 0. The minimum Gasteiger partial charge on any atom is -0.330 e. The number of piperidine rings is 1. The van der Waals surface area contributed by atoms with Gasteiger partial charge in [-0.25, -0.2) is 0 Å². The van der Waals surface area contributed by atoms with Crippen LogP contribution < -0.4 is 5.73 Å². The lowest BCUT2D eigenvalue weighted by molar-refractivity contribution is 0.250. The third-order valence-corrected chi connectivity index (χ3v) is 5.21. The number of nitrogens with zero attached hydrogens (tertiary/aromatic N) is 2. The van der Waals surface area contributed by atoms with Gasteiger partial charge < -0.3 is 5.73 Å². The van der Waals surface area contributed by atoms with Crippen LogP contribution in [0.1, 0.15) is 32.6 Å². The van der Waals surface area contributed by atoms with Gasteiger partial charge in [-0.2, -0.15) is 17.0 Å². The normalized spacial score (nSPS) is 23.9. The van der Waals surface area contributed by atoms with E-state index in [1.54, 1.807) is 11.4 Å². The third kappa shape index (κ3) is 3.16. The predicted octanol–water partition coefficient (Wildman–Crippen LogP) is 0.386. The largest absolute Gasteiger partial charge is 0.330 e. The minimum absolute atomic E-state index is 0.124. The van der Waals surface area contributed by atoms with Crippen molar-refractivity contribution in [2.24, 2.45) is 5.73 Å². The van der Waals surface area contributed by atoms with Crippen molar-refractivity contribution in [3.05, 3.63) is 0 Å². The van der Waals surface area contributed by atoms with Crippen LogP contribution in [0, 0.1) is 0 Å². The maximum Gasteiger partial charge on any atom is 0.281 e. The van der Waals surface area contributed by atoms with Crippen molar-refractivity contribution in [2.75, 3.05) is 26.7 Å². The second-order valence-electron chi connectivity index (χ2n) is 4.43. The van der Waals surface area contributed by atoms with Gasteiger partial charge in [-0.05, 0) is 32.7 Å². The summed E-state index contributed by atoms with van der Waals surface area (Å²) in [5.41, 5.74) is 5.39. The molecule has 1 fully saturated rings. The van der Waals surface area contributed by atoms with Crippen LogP contribution in [0.2, 0.25) is 0 Å². The lowest BCUT2D eigenvalue weighted by Gasteiger charge is -2.35. The topological polar surface area (TPSA) is 66.6 Å². The maximum atomic E-state index is 12.2. The molecule has 1 unspecified atom stereocenters. The van der Waals surface area contributed by atoms with Crippen molar-refractivity contribution in [1.82, 2.24) is 8.61 Å². The van der Waals surface area contributed by atoms with Gasteiger partial charge in [-0.15, -0.1) is 0 Å². The summed E-state index contributed by atoms with van der Waals surface area (Å²) in [7, 11) is -1.64. The third-order valence-electron chi connectivity index (χ3n) is 3.11. The fourth-order valence-corrected chi connectivity index (χ4v) is 3.66. The molecule has 1 rings (SSSR count). The summed E-state index contributed by atoms with van der Waals surface area (Å²) in [6.45, 7) is 3.65. The van der Waals surface area contributed by atoms with E-state index in [4.69, 9.17) is 5.73 Å². The average Bonchev–Trinajstić information content (AvgIpc) is 2.26. The van der Waals surface area contributed by atoms with Crippen LogP contribution in [-0.2, 0) is 10.2 Å². The molecule has 0 amide bonds. The molecule has 1 atom stereocenters. The van der Waals surface area contributed by atoms with Crippen molar-refractivity contribution >= 4 is 10.2 Å². The van der Waals surface area contributed by atoms with Gasteiger partial charge in [0.25, 0.3) is 10.2 Å². The monoisotopic (exact) mass is 249 g/mol. The summed E-state index contributed by atoms with van der Waals surface area (Å²) >= 11 is 0. The SMILES string of the molecule is CC1CCCCN1S(=O)(=O)N(C)CCCN. The molecule has 0 spiro atoms. The molecule has 0 saturated carbocycles. The van der Waals surface area contributed by atoms with E-state index in [0.29, 0.717) is 26.1 Å². The van der Waals surface area contributed by atoms with Crippen molar-refractivity contribution in [2.45, 2.75) is 38.6 Å². The molecule has 2 N–H and O–H groups in total. The van der Waals surface area contributed by atoms with Crippen molar-refractivity contribution < 1.29 is 8.42 Å². The second kappa shape index (κ2) is 5.95. The minimum atomic E-state index is -3.27. The smallest absolute Gasteiger partial charge is 0.281 e. The summed E-state index contributed by atoms with van der Waals surface area (Å²) < 4.78 is 27.5. The predicted molar refractivity (Wildman–Crippen MR) is 65.2 cm³/mol. The lowest BCUT2D eigenvalue weighted by atomic mass is 10.1. The molecule has 16 heavy (non-hydrogen) atoms. The Morgan fingerprint density at radius 3 is 2.69 bits per heavy atom. The molecule has 0 aliphatic carbocycles. The molecule has 0 aromatic heterocycles. The first kappa shape index (κ1) is 13.9. The zero-order valence-electron chi connectivity index (χ0n) is 10.2. The van der Waals surface area contributed by atoms with E-state index >= 15 is 0 Å². The number of nitrogens with two attached hydrogens (primary N) is 1. The fourth-order valence-electron chi connectivity index (χ4n) is 2.02. The first-order valence-corrected chi connectivity index (χ1v) is 7.33. The molecule has 1 saturated heterocycles. The zero-order chi connectivity index (χ0) is 12.2. The van der Waals surface area contributed by atoms with Gasteiger partial charge in [0.05, 0.1) is 0 Å². The molecule has 96 valence electrons. The Hall–Kier alpha value is -0.170. The molecule has 0 bridgehead atoms. The average molecular weight is 249 g/mol.